The van der Waals surface area contributed by atoms with Crippen LogP contribution in [0.15, 0.2) is 42.7 Å². The number of carbonyl (C=O) groups excluding carboxylic acids is 1. The van der Waals surface area contributed by atoms with Crippen LogP contribution in [0.1, 0.15) is 29.1 Å². The van der Waals surface area contributed by atoms with Crippen molar-refractivity contribution in [3.05, 3.63) is 53.9 Å². The van der Waals surface area contributed by atoms with Gasteiger partial charge in [0.2, 0.25) is 0 Å². The van der Waals surface area contributed by atoms with Crippen molar-refractivity contribution in [3.63, 3.8) is 0 Å². The molecule has 18 heavy (non-hydrogen) atoms. The summed E-state index contributed by atoms with van der Waals surface area (Å²) in [5.41, 5.74) is 8.38. The van der Waals surface area contributed by atoms with Crippen LogP contribution in [0.3, 0.4) is 0 Å². The number of rotatable bonds is 3. The van der Waals surface area contributed by atoms with Gasteiger partial charge in [0.25, 0.3) is 0 Å². The topological polar surface area (TPSA) is 76.2 Å². The van der Waals surface area contributed by atoms with E-state index in [-0.39, 0.29) is 5.78 Å². The van der Waals surface area contributed by atoms with Crippen LogP contribution in [-0.4, -0.2) is 15.9 Å². The number of pyridine rings is 1. The molecule has 2 aromatic rings. The van der Waals surface area contributed by atoms with Crippen molar-refractivity contribution < 1.29 is 9.90 Å². The minimum Gasteiger partial charge on any atom is -0.375 e. The Morgan fingerprint density at radius 2 is 1.89 bits per heavy atom. The lowest BCUT2D eigenvalue weighted by Crippen LogP contribution is -2.07. The largest absolute Gasteiger partial charge is 0.375 e. The van der Waals surface area contributed by atoms with Crippen molar-refractivity contribution in [2.45, 2.75) is 13.2 Å². The molecule has 0 fully saturated rings. The fourth-order valence-electron chi connectivity index (χ4n) is 1.66. The molecule has 4 heteroatoms. The van der Waals surface area contributed by atoms with Crippen LogP contribution in [0.5, 0.6) is 0 Å². The van der Waals surface area contributed by atoms with Gasteiger partial charge in [-0.3, -0.25) is 9.78 Å². The Morgan fingerprint density at radius 3 is 2.44 bits per heavy atom. The number of aliphatic hydroxyl groups excluding tert-OH is 1. The first-order valence-corrected chi connectivity index (χ1v) is 5.58. The summed E-state index contributed by atoms with van der Waals surface area (Å²) >= 11 is 0. The van der Waals surface area contributed by atoms with Crippen molar-refractivity contribution in [1.82, 2.24) is 4.98 Å². The van der Waals surface area contributed by atoms with E-state index in [1.807, 2.05) is 12.1 Å². The number of Topliss-reactive ketones (excluding diaryl/α,β-unsaturated/α-hetero) is 1. The molecule has 1 unspecified atom stereocenters. The summed E-state index contributed by atoms with van der Waals surface area (Å²) in [6, 6.07) is 8.97. The Bertz CT molecular complexity index is 562. The summed E-state index contributed by atoms with van der Waals surface area (Å²) in [5.74, 6) is -0.0154. The summed E-state index contributed by atoms with van der Waals surface area (Å²) in [6.07, 6.45) is 2.27. The predicted octanol–water partition coefficient (Wildman–Crippen LogP) is 1.90. The molecular weight excluding hydrogens is 228 g/mol. The summed E-state index contributed by atoms with van der Waals surface area (Å²) in [7, 11) is 0. The van der Waals surface area contributed by atoms with E-state index in [0.717, 1.165) is 11.1 Å². The number of nitrogens with zero attached hydrogens (tertiary/aromatic N) is 1. The lowest BCUT2D eigenvalue weighted by Gasteiger charge is -2.07. The number of hydrogen-bond donors (Lipinski definition) is 2. The second-order valence-electron chi connectivity index (χ2n) is 4.09. The number of nitrogens with two attached hydrogens (primary N) is 1. The van der Waals surface area contributed by atoms with Gasteiger partial charge in [-0.05, 0) is 24.1 Å². The smallest absolute Gasteiger partial charge is 0.161 e. The molecule has 1 atom stereocenters. The standard InChI is InChI=1S/C14H14N2O2/c1-9(17)12-6-13(8-16-7-12)10-2-4-11(5-3-10)14(15)18/h2-8,14,18H,15H2,1H3. The van der Waals surface area contributed by atoms with Crippen LogP contribution in [0.2, 0.25) is 0 Å². The molecule has 0 amide bonds. The van der Waals surface area contributed by atoms with Gasteiger partial charge in [-0.1, -0.05) is 24.3 Å². The summed E-state index contributed by atoms with van der Waals surface area (Å²) in [6.45, 7) is 1.51. The lowest BCUT2D eigenvalue weighted by molar-refractivity contribution is 0.101. The van der Waals surface area contributed by atoms with Gasteiger partial charge in [0.1, 0.15) is 6.23 Å². The minimum atomic E-state index is -0.972. The molecule has 0 bridgehead atoms. The summed E-state index contributed by atoms with van der Waals surface area (Å²) in [5, 5.41) is 9.22. The molecule has 1 aromatic carbocycles. The highest BCUT2D eigenvalue weighted by atomic mass is 16.3. The molecule has 1 heterocycles. The zero-order valence-electron chi connectivity index (χ0n) is 10.00. The maximum Gasteiger partial charge on any atom is 0.161 e. The van der Waals surface area contributed by atoms with Crippen LogP contribution in [0, 0.1) is 0 Å². The Balaban J connectivity index is 2.36. The van der Waals surface area contributed by atoms with E-state index >= 15 is 0 Å². The first kappa shape index (κ1) is 12.4. The lowest BCUT2D eigenvalue weighted by atomic mass is 10.0. The second kappa shape index (κ2) is 5.08. The van der Waals surface area contributed by atoms with Crippen LogP contribution in [-0.2, 0) is 0 Å². The molecule has 2 rings (SSSR count). The summed E-state index contributed by atoms with van der Waals surface area (Å²) in [4.78, 5) is 15.3. The molecule has 92 valence electrons. The average Bonchev–Trinajstić information content (AvgIpc) is 2.39. The molecule has 0 spiro atoms. The van der Waals surface area contributed by atoms with Gasteiger partial charge in [0.05, 0.1) is 0 Å². The van der Waals surface area contributed by atoms with Crippen LogP contribution < -0.4 is 5.73 Å². The van der Waals surface area contributed by atoms with Crippen molar-refractivity contribution in [1.29, 1.82) is 0 Å². The molecule has 0 radical (unpaired) electrons. The maximum absolute atomic E-state index is 11.3. The number of hydrogen-bond acceptors (Lipinski definition) is 4. The third kappa shape index (κ3) is 2.61. The molecule has 1 aromatic heterocycles. The van der Waals surface area contributed by atoms with E-state index in [9.17, 15) is 9.90 Å². The van der Waals surface area contributed by atoms with E-state index in [0.29, 0.717) is 11.1 Å². The van der Waals surface area contributed by atoms with Crippen LogP contribution in [0.4, 0.5) is 0 Å². The van der Waals surface area contributed by atoms with E-state index in [1.165, 1.54) is 6.92 Å². The normalized spacial score (nSPS) is 12.2. The Hall–Kier alpha value is -2.04. The van der Waals surface area contributed by atoms with E-state index in [4.69, 9.17) is 5.73 Å². The predicted molar refractivity (Wildman–Crippen MR) is 68.8 cm³/mol. The highest BCUT2D eigenvalue weighted by Gasteiger charge is 2.05. The van der Waals surface area contributed by atoms with Gasteiger partial charge in [-0.2, -0.15) is 0 Å². The van der Waals surface area contributed by atoms with Crippen molar-refractivity contribution in [3.8, 4) is 11.1 Å². The van der Waals surface area contributed by atoms with Gasteiger partial charge in [0, 0.05) is 23.5 Å². The highest BCUT2D eigenvalue weighted by Crippen LogP contribution is 2.21. The summed E-state index contributed by atoms with van der Waals surface area (Å²) < 4.78 is 0. The van der Waals surface area contributed by atoms with E-state index < -0.39 is 6.23 Å². The first-order valence-electron chi connectivity index (χ1n) is 5.58. The zero-order valence-corrected chi connectivity index (χ0v) is 10.00. The monoisotopic (exact) mass is 242 g/mol. The van der Waals surface area contributed by atoms with Crippen LogP contribution in [0.25, 0.3) is 11.1 Å². The SMILES string of the molecule is CC(=O)c1cncc(-c2ccc(C(N)O)cc2)c1. The number of carbonyl (C=O) groups is 1. The second-order valence-corrected chi connectivity index (χ2v) is 4.09. The van der Waals surface area contributed by atoms with E-state index in [2.05, 4.69) is 4.98 Å². The molecule has 3 N–H and O–H groups in total. The van der Waals surface area contributed by atoms with Gasteiger partial charge < -0.3 is 10.8 Å². The number of aliphatic hydroxyl groups is 1. The van der Waals surface area contributed by atoms with Crippen molar-refractivity contribution >= 4 is 5.78 Å². The quantitative estimate of drug-likeness (QED) is 0.636. The van der Waals surface area contributed by atoms with Gasteiger partial charge in [0.15, 0.2) is 5.78 Å². The fraction of sp³-hybridized carbons (Fsp3) is 0.143. The van der Waals surface area contributed by atoms with Gasteiger partial charge in [-0.15, -0.1) is 0 Å². The number of ketones is 1. The van der Waals surface area contributed by atoms with Crippen molar-refractivity contribution in [2.24, 2.45) is 5.73 Å². The van der Waals surface area contributed by atoms with Crippen molar-refractivity contribution in [2.75, 3.05) is 0 Å². The third-order valence-electron chi connectivity index (χ3n) is 2.73. The Labute approximate surface area is 105 Å². The minimum absolute atomic E-state index is 0.0154. The molecular formula is C14H14N2O2. The molecule has 0 aliphatic rings. The number of aromatic nitrogens is 1. The fourth-order valence-corrected chi connectivity index (χ4v) is 1.66. The molecule has 0 saturated carbocycles. The van der Waals surface area contributed by atoms with E-state index in [1.54, 1.807) is 30.6 Å². The van der Waals surface area contributed by atoms with Gasteiger partial charge in [-0.25, -0.2) is 0 Å². The molecule has 0 saturated heterocycles. The molecule has 0 aliphatic heterocycles. The molecule has 4 nitrogen and oxygen atoms in total. The average molecular weight is 242 g/mol. The van der Waals surface area contributed by atoms with Crippen LogP contribution >= 0.6 is 0 Å². The Morgan fingerprint density at radius 1 is 1.22 bits per heavy atom. The zero-order chi connectivity index (χ0) is 13.1. The number of benzene rings is 1. The Kier molecular flexibility index (Phi) is 3.50. The van der Waals surface area contributed by atoms with Gasteiger partial charge >= 0.3 is 0 Å². The first-order chi connectivity index (χ1) is 8.58. The molecule has 0 aliphatic carbocycles. The highest BCUT2D eigenvalue weighted by molar-refractivity contribution is 5.94. The third-order valence-corrected chi connectivity index (χ3v) is 2.73. The maximum atomic E-state index is 11.3.